The fourth-order valence-electron chi connectivity index (χ4n) is 7.23. The summed E-state index contributed by atoms with van der Waals surface area (Å²) in [6.07, 6.45) is 17.8. The van der Waals surface area contributed by atoms with Gasteiger partial charge in [0.25, 0.3) is 0 Å². The van der Waals surface area contributed by atoms with E-state index in [0.717, 1.165) is 101 Å². The van der Waals surface area contributed by atoms with Crippen molar-refractivity contribution in [1.82, 2.24) is 0 Å². The van der Waals surface area contributed by atoms with E-state index in [1.54, 1.807) is 15.8 Å². The second-order valence-corrected chi connectivity index (χ2v) is 12.5. The van der Waals surface area contributed by atoms with Crippen molar-refractivity contribution in [3.63, 3.8) is 0 Å². The van der Waals surface area contributed by atoms with Gasteiger partial charge in [0.2, 0.25) is 11.4 Å². The molecule has 0 unspecified atom stereocenters. The zero-order valence-corrected chi connectivity index (χ0v) is 31.8. The van der Waals surface area contributed by atoms with Crippen molar-refractivity contribution in [2.24, 2.45) is 0 Å². The predicted octanol–water partition coefficient (Wildman–Crippen LogP) is 13.1. The SMILES string of the molecule is CCCCC1=C(c2cc(CCC)c(CCC)c(CCC)c2)[N+](=[N-])C(c2cc(CCC)c(CCC)c(CCC)c2)=C1CC.[CH3-].[CH3-].[Ni+2]. The van der Waals surface area contributed by atoms with E-state index in [9.17, 15) is 5.53 Å². The second kappa shape index (κ2) is 21.7. The molecule has 0 saturated heterocycles. The summed E-state index contributed by atoms with van der Waals surface area (Å²) in [6, 6.07) is 9.72. The molecule has 0 N–H and O–H groups in total. The van der Waals surface area contributed by atoms with Crippen LogP contribution < -0.4 is 0 Å². The molecule has 0 spiro atoms. The number of rotatable bonds is 18. The quantitative estimate of drug-likeness (QED) is 0.0866. The van der Waals surface area contributed by atoms with Gasteiger partial charge >= 0.3 is 16.5 Å². The molecule has 0 saturated carbocycles. The van der Waals surface area contributed by atoms with Crippen molar-refractivity contribution in [1.29, 1.82) is 0 Å². The van der Waals surface area contributed by atoms with Gasteiger partial charge in [-0.15, -0.1) is 0 Å². The first kappa shape index (κ1) is 43.0. The Labute approximate surface area is 290 Å². The normalized spacial score (nSPS) is 12.8. The van der Waals surface area contributed by atoms with E-state index < -0.39 is 0 Å². The van der Waals surface area contributed by atoms with Crippen molar-refractivity contribution in [3.05, 3.63) is 100 Å². The van der Waals surface area contributed by atoms with Gasteiger partial charge < -0.3 is 20.4 Å². The van der Waals surface area contributed by atoms with Gasteiger partial charge in [-0.05, 0) is 115 Å². The number of benzene rings is 2. The third-order valence-electron chi connectivity index (χ3n) is 8.99. The van der Waals surface area contributed by atoms with E-state index in [1.807, 2.05) is 0 Å². The molecule has 1 aliphatic rings. The zero-order valence-electron chi connectivity index (χ0n) is 30.8. The van der Waals surface area contributed by atoms with E-state index in [4.69, 9.17) is 0 Å². The van der Waals surface area contributed by atoms with Crippen molar-refractivity contribution >= 4 is 11.4 Å². The Morgan fingerprint density at radius 1 is 0.467 bits per heavy atom. The van der Waals surface area contributed by atoms with Gasteiger partial charge in [-0.3, -0.25) is 0 Å². The van der Waals surface area contributed by atoms with Gasteiger partial charge in [0.05, 0.1) is 0 Å². The third-order valence-corrected chi connectivity index (χ3v) is 8.99. The number of unbranched alkanes of at least 4 members (excludes halogenated alkanes) is 1. The largest absolute Gasteiger partial charge is 2.00 e. The van der Waals surface area contributed by atoms with Crippen LogP contribution in [-0.4, -0.2) is 4.70 Å². The molecule has 45 heavy (non-hydrogen) atoms. The third kappa shape index (κ3) is 10.0. The smallest absolute Gasteiger partial charge is 0.493 e. The van der Waals surface area contributed by atoms with Gasteiger partial charge in [-0.1, -0.05) is 100 Å². The van der Waals surface area contributed by atoms with Gasteiger partial charge in [0.1, 0.15) is 0 Å². The maximum atomic E-state index is 12.3. The van der Waals surface area contributed by atoms with Gasteiger partial charge in [-0.2, -0.15) is 0 Å². The van der Waals surface area contributed by atoms with Gasteiger partial charge in [-0.25, -0.2) is 4.70 Å². The first-order valence-corrected chi connectivity index (χ1v) is 17.7. The molecule has 0 aliphatic carbocycles. The standard InChI is InChI=1S/C40H60N2.2CH3.Ni/c1-9-17-24-38-35(16-8)39(33-25-29(18-10-2)36(22-14-6)30(26-33)19-11-3)42(41)40(38)34-27-31(20-12-4)37(23-15-7)32(28-34)21-13-5;;;/h25-28H,9-24H2,1-8H3;2*1H3;/q;2*-1;+2. The van der Waals surface area contributed by atoms with Gasteiger partial charge in [0, 0.05) is 22.3 Å². The average molecular weight is 658 g/mol. The molecular weight excluding hydrogens is 591 g/mol. The molecule has 0 bridgehead atoms. The summed E-state index contributed by atoms with van der Waals surface area (Å²) in [5.74, 6) is 0. The minimum Gasteiger partial charge on any atom is -0.493 e. The maximum Gasteiger partial charge on any atom is 2.00 e. The Hall–Kier alpha value is -1.99. The molecular formula is C42H66N2Ni. The van der Waals surface area contributed by atoms with Crippen molar-refractivity contribution < 1.29 is 21.2 Å². The monoisotopic (exact) mass is 656 g/mol. The molecule has 0 fully saturated rings. The van der Waals surface area contributed by atoms with E-state index in [0.29, 0.717) is 0 Å². The summed E-state index contributed by atoms with van der Waals surface area (Å²) in [5.41, 5.74) is 28.5. The zero-order chi connectivity index (χ0) is 30.6. The maximum absolute atomic E-state index is 12.3. The second-order valence-electron chi connectivity index (χ2n) is 12.5. The first-order chi connectivity index (χ1) is 20.4. The Balaban J connectivity index is 0.00000645. The summed E-state index contributed by atoms with van der Waals surface area (Å²) in [4.78, 5) is 0. The molecule has 1 aliphatic heterocycles. The van der Waals surface area contributed by atoms with E-state index in [-0.39, 0.29) is 31.3 Å². The van der Waals surface area contributed by atoms with Crippen molar-refractivity contribution in [2.45, 2.75) is 158 Å². The molecule has 2 aromatic carbocycles. The number of hydrogen-bond acceptors (Lipinski definition) is 0. The van der Waals surface area contributed by atoms with Crippen molar-refractivity contribution in [3.8, 4) is 0 Å². The Bertz CT molecular complexity index is 1230. The number of nitrogens with zero attached hydrogens (tertiary/aromatic N) is 2. The van der Waals surface area contributed by atoms with E-state index in [1.165, 1.54) is 57.4 Å². The molecule has 0 radical (unpaired) electrons. The molecule has 1 heterocycles. The summed E-state index contributed by atoms with van der Waals surface area (Å²) in [7, 11) is 0. The van der Waals surface area contributed by atoms with Crippen LogP contribution in [0.5, 0.6) is 0 Å². The van der Waals surface area contributed by atoms with Crippen LogP contribution in [0.2, 0.25) is 0 Å². The molecule has 2 nitrogen and oxygen atoms in total. The van der Waals surface area contributed by atoms with Crippen LogP contribution in [0.25, 0.3) is 16.9 Å². The van der Waals surface area contributed by atoms with Crippen LogP contribution in [0, 0.1) is 14.9 Å². The number of aryl methyl sites for hydroxylation is 4. The average Bonchev–Trinajstić information content (AvgIpc) is 3.26. The van der Waals surface area contributed by atoms with Crippen LogP contribution in [0.3, 0.4) is 0 Å². The van der Waals surface area contributed by atoms with Crippen LogP contribution in [0.1, 0.15) is 164 Å². The molecule has 3 rings (SSSR count). The summed E-state index contributed by atoms with van der Waals surface area (Å²) < 4.78 is 1.62. The van der Waals surface area contributed by atoms with Crippen LogP contribution in [0.15, 0.2) is 35.4 Å². The fraction of sp³-hybridized carbons (Fsp3) is 0.571. The molecule has 3 heteroatoms. The van der Waals surface area contributed by atoms with Crippen LogP contribution in [0.4, 0.5) is 0 Å². The van der Waals surface area contributed by atoms with Crippen LogP contribution >= 0.6 is 0 Å². The molecule has 254 valence electrons. The molecule has 2 aromatic rings. The molecule has 0 aromatic heterocycles. The van der Waals surface area contributed by atoms with Crippen molar-refractivity contribution in [2.75, 3.05) is 0 Å². The van der Waals surface area contributed by atoms with Crippen LogP contribution in [-0.2, 0) is 55.0 Å². The fourth-order valence-corrected chi connectivity index (χ4v) is 7.23. The molecule has 0 atom stereocenters. The predicted molar refractivity (Wildman–Crippen MR) is 197 cm³/mol. The summed E-state index contributed by atoms with van der Waals surface area (Å²) in [6.45, 7) is 18.3. The summed E-state index contributed by atoms with van der Waals surface area (Å²) >= 11 is 0. The van der Waals surface area contributed by atoms with Gasteiger partial charge in [0.15, 0.2) is 0 Å². The van der Waals surface area contributed by atoms with E-state index in [2.05, 4.69) is 79.7 Å². The topological polar surface area (TPSA) is 25.3 Å². The number of allylic oxidation sites excluding steroid dienone is 2. The Morgan fingerprint density at radius 2 is 0.800 bits per heavy atom. The minimum absolute atomic E-state index is 0. The summed E-state index contributed by atoms with van der Waals surface area (Å²) in [5, 5.41) is 0. The number of hydrogen-bond donors (Lipinski definition) is 0. The minimum atomic E-state index is 0. The Kier molecular flexibility index (Phi) is 20.8. The Morgan fingerprint density at radius 3 is 1.09 bits per heavy atom. The van der Waals surface area contributed by atoms with E-state index >= 15 is 0 Å². The first-order valence-electron chi connectivity index (χ1n) is 17.7. The molecule has 0 amide bonds.